The largest absolute Gasteiger partial charge is 0.489 e. The predicted molar refractivity (Wildman–Crippen MR) is 114 cm³/mol. The first-order valence-corrected chi connectivity index (χ1v) is 10.1. The molecule has 1 N–H and O–H groups in total. The van der Waals surface area contributed by atoms with Crippen LogP contribution in [0.3, 0.4) is 0 Å². The summed E-state index contributed by atoms with van der Waals surface area (Å²) in [6.45, 7) is 2.47. The van der Waals surface area contributed by atoms with E-state index in [-0.39, 0.29) is 11.9 Å². The Morgan fingerprint density at radius 3 is 2.62 bits per heavy atom. The second-order valence-electron chi connectivity index (χ2n) is 7.51. The summed E-state index contributed by atoms with van der Waals surface area (Å²) in [6, 6.07) is 19.2. The normalized spacial score (nSPS) is 15.4. The second-order valence-corrected chi connectivity index (χ2v) is 7.94. The topological polar surface area (TPSA) is 51.2 Å². The smallest absolute Gasteiger partial charge is 0.231 e. The van der Waals surface area contributed by atoms with E-state index in [4.69, 9.17) is 16.3 Å². The molecule has 4 nitrogen and oxygen atoms in total. The van der Waals surface area contributed by atoms with Crippen LogP contribution in [0.4, 0.5) is 0 Å². The fourth-order valence-corrected chi connectivity index (χ4v) is 3.67. The van der Waals surface area contributed by atoms with E-state index in [1.807, 2.05) is 67.6 Å². The van der Waals surface area contributed by atoms with E-state index in [2.05, 4.69) is 10.3 Å². The van der Waals surface area contributed by atoms with Crippen molar-refractivity contribution in [2.75, 3.05) is 0 Å². The molecule has 0 radical (unpaired) electrons. The summed E-state index contributed by atoms with van der Waals surface area (Å²) < 4.78 is 5.80. The van der Waals surface area contributed by atoms with Crippen LogP contribution in [-0.2, 0) is 16.8 Å². The molecule has 4 rings (SSSR count). The fraction of sp³-hybridized carbons (Fsp3) is 0.250. The molecule has 0 spiro atoms. The molecule has 1 aliphatic carbocycles. The van der Waals surface area contributed by atoms with E-state index in [1.165, 1.54) is 0 Å². The lowest BCUT2D eigenvalue weighted by atomic mass is 9.94. The molecule has 0 saturated heterocycles. The van der Waals surface area contributed by atoms with Crippen LogP contribution in [0.1, 0.15) is 42.5 Å². The molecule has 1 amide bonds. The van der Waals surface area contributed by atoms with Gasteiger partial charge >= 0.3 is 0 Å². The summed E-state index contributed by atoms with van der Waals surface area (Å²) in [6.07, 6.45) is 5.24. The highest BCUT2D eigenvalue weighted by atomic mass is 35.5. The number of hydrogen-bond donors (Lipinski definition) is 1. The molecule has 1 atom stereocenters. The van der Waals surface area contributed by atoms with Crippen molar-refractivity contribution >= 4 is 17.5 Å². The zero-order valence-electron chi connectivity index (χ0n) is 16.3. The highest BCUT2D eigenvalue weighted by molar-refractivity contribution is 6.30. The first-order chi connectivity index (χ1) is 14.1. The molecule has 2 aromatic carbocycles. The van der Waals surface area contributed by atoms with Crippen molar-refractivity contribution in [3.05, 3.63) is 94.8 Å². The number of carbonyl (C=O) groups excluding carboxylic acids is 1. The molecule has 5 heteroatoms. The number of nitrogens with zero attached hydrogens (tertiary/aromatic N) is 1. The van der Waals surface area contributed by atoms with Gasteiger partial charge in [-0.05, 0) is 61.2 Å². The van der Waals surface area contributed by atoms with Crippen LogP contribution in [0, 0.1) is 0 Å². The molecule has 1 aromatic heterocycles. The third-order valence-electron chi connectivity index (χ3n) is 5.42. The highest BCUT2D eigenvalue weighted by Crippen LogP contribution is 2.49. The van der Waals surface area contributed by atoms with Crippen molar-refractivity contribution in [3.63, 3.8) is 0 Å². The monoisotopic (exact) mass is 406 g/mol. The Morgan fingerprint density at radius 1 is 1.17 bits per heavy atom. The Hall–Kier alpha value is -2.85. The maximum atomic E-state index is 13.0. The molecule has 1 fully saturated rings. The molecule has 148 valence electrons. The van der Waals surface area contributed by atoms with Gasteiger partial charge in [0.1, 0.15) is 12.4 Å². The Balaban J connectivity index is 1.37. The van der Waals surface area contributed by atoms with Gasteiger partial charge in [-0.1, -0.05) is 41.9 Å². The molecule has 1 saturated carbocycles. The molecule has 0 bridgehead atoms. The average molecular weight is 407 g/mol. The summed E-state index contributed by atoms with van der Waals surface area (Å²) in [4.78, 5) is 17.1. The molecule has 0 aliphatic heterocycles. The van der Waals surface area contributed by atoms with Gasteiger partial charge < -0.3 is 10.1 Å². The minimum absolute atomic E-state index is 0.0594. The number of ether oxygens (including phenoxy) is 1. The van der Waals surface area contributed by atoms with Gasteiger partial charge in [-0.15, -0.1) is 0 Å². The average Bonchev–Trinajstić information content (AvgIpc) is 3.56. The third-order valence-corrected chi connectivity index (χ3v) is 5.65. The Labute approximate surface area is 175 Å². The van der Waals surface area contributed by atoms with E-state index >= 15 is 0 Å². The van der Waals surface area contributed by atoms with Crippen molar-refractivity contribution in [3.8, 4) is 5.75 Å². The number of halogens is 1. The standard InChI is InChI=1S/C24H23ClN2O2/c1-17(27-23(28)24(11-12-24)20-5-2-6-21(25)14-20)19-7-9-22(10-8-19)29-16-18-4-3-13-26-15-18/h2-10,13-15,17H,11-12,16H2,1H3,(H,27,28). The van der Waals surface area contributed by atoms with Crippen molar-refractivity contribution in [2.45, 2.75) is 37.8 Å². The van der Waals surface area contributed by atoms with Crippen molar-refractivity contribution < 1.29 is 9.53 Å². The Morgan fingerprint density at radius 2 is 1.97 bits per heavy atom. The Bertz CT molecular complexity index is 985. The van der Waals surface area contributed by atoms with Gasteiger partial charge in [-0.3, -0.25) is 9.78 Å². The minimum atomic E-state index is -0.439. The van der Waals surface area contributed by atoms with Crippen LogP contribution < -0.4 is 10.1 Å². The zero-order valence-corrected chi connectivity index (χ0v) is 17.0. The third kappa shape index (κ3) is 4.43. The summed E-state index contributed by atoms with van der Waals surface area (Å²) >= 11 is 6.12. The number of nitrogens with one attached hydrogen (secondary N) is 1. The number of carbonyl (C=O) groups is 1. The maximum absolute atomic E-state index is 13.0. The number of amides is 1. The minimum Gasteiger partial charge on any atom is -0.489 e. The second kappa shape index (κ2) is 8.26. The first kappa shape index (κ1) is 19.5. The van der Waals surface area contributed by atoms with E-state index in [0.717, 1.165) is 35.3 Å². The molecular formula is C24H23ClN2O2. The van der Waals surface area contributed by atoms with Gasteiger partial charge in [-0.25, -0.2) is 0 Å². The van der Waals surface area contributed by atoms with Crippen LogP contribution in [0.5, 0.6) is 5.75 Å². The lowest BCUT2D eigenvalue weighted by Crippen LogP contribution is -2.36. The zero-order chi connectivity index (χ0) is 20.3. The fourth-order valence-electron chi connectivity index (χ4n) is 3.48. The number of aromatic nitrogens is 1. The molecular weight excluding hydrogens is 384 g/mol. The van der Waals surface area contributed by atoms with Crippen LogP contribution in [0.15, 0.2) is 73.1 Å². The van der Waals surface area contributed by atoms with E-state index < -0.39 is 5.41 Å². The summed E-state index contributed by atoms with van der Waals surface area (Å²) in [5.74, 6) is 0.845. The van der Waals surface area contributed by atoms with E-state index in [1.54, 1.807) is 12.4 Å². The van der Waals surface area contributed by atoms with Gasteiger partial charge in [0.2, 0.25) is 5.91 Å². The van der Waals surface area contributed by atoms with Crippen LogP contribution >= 0.6 is 11.6 Å². The molecule has 29 heavy (non-hydrogen) atoms. The summed E-state index contributed by atoms with van der Waals surface area (Å²) in [5, 5.41) is 3.83. The summed E-state index contributed by atoms with van der Waals surface area (Å²) in [7, 11) is 0. The molecule has 1 heterocycles. The van der Waals surface area contributed by atoms with Crippen LogP contribution in [0.2, 0.25) is 5.02 Å². The van der Waals surface area contributed by atoms with Crippen molar-refractivity contribution in [2.24, 2.45) is 0 Å². The number of hydrogen-bond acceptors (Lipinski definition) is 3. The van der Waals surface area contributed by atoms with Gasteiger partial charge in [0.15, 0.2) is 0 Å². The van der Waals surface area contributed by atoms with Crippen molar-refractivity contribution in [1.82, 2.24) is 10.3 Å². The van der Waals surface area contributed by atoms with Crippen molar-refractivity contribution in [1.29, 1.82) is 0 Å². The predicted octanol–water partition coefficient (Wildman–Crippen LogP) is 5.22. The molecule has 1 aliphatic rings. The van der Waals surface area contributed by atoms with Crippen LogP contribution in [0.25, 0.3) is 0 Å². The number of rotatable bonds is 7. The van der Waals surface area contributed by atoms with Gasteiger partial charge in [0.25, 0.3) is 0 Å². The number of benzene rings is 2. The van der Waals surface area contributed by atoms with E-state index in [9.17, 15) is 4.79 Å². The van der Waals surface area contributed by atoms with Crippen LogP contribution in [-0.4, -0.2) is 10.9 Å². The first-order valence-electron chi connectivity index (χ1n) is 9.75. The molecule has 3 aromatic rings. The number of pyridine rings is 1. The highest BCUT2D eigenvalue weighted by Gasteiger charge is 2.51. The lowest BCUT2D eigenvalue weighted by Gasteiger charge is -2.21. The lowest BCUT2D eigenvalue weighted by molar-refractivity contribution is -0.124. The van der Waals surface area contributed by atoms with Gasteiger partial charge in [0, 0.05) is 23.0 Å². The summed E-state index contributed by atoms with van der Waals surface area (Å²) in [5.41, 5.74) is 2.61. The van der Waals surface area contributed by atoms with Gasteiger partial charge in [-0.2, -0.15) is 0 Å². The maximum Gasteiger partial charge on any atom is 0.231 e. The van der Waals surface area contributed by atoms with Gasteiger partial charge in [0.05, 0.1) is 11.5 Å². The van der Waals surface area contributed by atoms with E-state index in [0.29, 0.717) is 11.6 Å². The molecule has 1 unspecified atom stereocenters. The quantitative estimate of drug-likeness (QED) is 0.585. The Kier molecular flexibility index (Phi) is 5.54. The SMILES string of the molecule is CC(NC(=O)C1(c2cccc(Cl)c2)CC1)c1ccc(OCc2cccnc2)cc1.